The SMILES string of the molecule is CC(Oc1ccc2c(c1)OCO2)C(=O)Nc1cc(N2CCN(c3ccccc3)CC2)ncn1. The van der Waals surface area contributed by atoms with Gasteiger partial charge in [-0.15, -0.1) is 0 Å². The van der Waals surface area contributed by atoms with Crippen molar-refractivity contribution >= 4 is 23.2 Å². The lowest BCUT2D eigenvalue weighted by molar-refractivity contribution is -0.122. The molecule has 1 N–H and O–H groups in total. The zero-order valence-corrected chi connectivity index (χ0v) is 18.3. The summed E-state index contributed by atoms with van der Waals surface area (Å²) < 4.78 is 16.4. The fourth-order valence-electron chi connectivity index (χ4n) is 3.86. The molecule has 33 heavy (non-hydrogen) atoms. The Hall–Kier alpha value is -4.01. The fraction of sp³-hybridized carbons (Fsp3) is 0.292. The van der Waals surface area contributed by atoms with Gasteiger partial charge in [-0.2, -0.15) is 0 Å². The highest BCUT2D eigenvalue weighted by molar-refractivity contribution is 5.93. The quantitative estimate of drug-likeness (QED) is 0.617. The first-order valence-electron chi connectivity index (χ1n) is 10.9. The van der Waals surface area contributed by atoms with Crippen molar-refractivity contribution in [3.05, 3.63) is 60.9 Å². The number of aromatic nitrogens is 2. The van der Waals surface area contributed by atoms with E-state index in [2.05, 4.69) is 49.4 Å². The lowest BCUT2D eigenvalue weighted by atomic mass is 10.2. The van der Waals surface area contributed by atoms with E-state index in [0.29, 0.717) is 23.1 Å². The van der Waals surface area contributed by atoms with E-state index in [-0.39, 0.29) is 12.7 Å². The number of hydrogen-bond acceptors (Lipinski definition) is 8. The third kappa shape index (κ3) is 4.77. The molecular formula is C24H25N5O4. The number of piperazine rings is 1. The van der Waals surface area contributed by atoms with Crippen molar-refractivity contribution in [2.45, 2.75) is 13.0 Å². The molecule has 2 aliphatic heterocycles. The van der Waals surface area contributed by atoms with Crippen molar-refractivity contribution in [3.63, 3.8) is 0 Å². The van der Waals surface area contributed by atoms with Crippen LogP contribution in [-0.4, -0.2) is 55.0 Å². The van der Waals surface area contributed by atoms with Gasteiger partial charge < -0.3 is 29.3 Å². The van der Waals surface area contributed by atoms with Crippen molar-refractivity contribution in [1.82, 2.24) is 9.97 Å². The van der Waals surface area contributed by atoms with E-state index in [4.69, 9.17) is 14.2 Å². The van der Waals surface area contributed by atoms with E-state index in [1.807, 2.05) is 6.07 Å². The van der Waals surface area contributed by atoms with Crippen LogP contribution in [0.4, 0.5) is 17.3 Å². The third-order valence-corrected chi connectivity index (χ3v) is 5.66. The van der Waals surface area contributed by atoms with Crippen LogP contribution >= 0.6 is 0 Å². The van der Waals surface area contributed by atoms with Gasteiger partial charge in [0.2, 0.25) is 6.79 Å². The van der Waals surface area contributed by atoms with Crippen LogP contribution in [0.2, 0.25) is 0 Å². The number of fused-ring (bicyclic) bond motifs is 1. The zero-order chi connectivity index (χ0) is 22.6. The van der Waals surface area contributed by atoms with E-state index in [0.717, 1.165) is 32.0 Å². The number of carbonyl (C=O) groups excluding carboxylic acids is 1. The molecule has 0 bridgehead atoms. The molecule has 0 radical (unpaired) electrons. The minimum atomic E-state index is -0.724. The summed E-state index contributed by atoms with van der Waals surface area (Å²) in [6.07, 6.45) is 0.746. The summed E-state index contributed by atoms with van der Waals surface area (Å²) in [5.74, 6) is 2.73. The number of hydrogen-bond donors (Lipinski definition) is 1. The van der Waals surface area contributed by atoms with E-state index in [1.165, 1.54) is 12.0 Å². The van der Waals surface area contributed by atoms with E-state index in [9.17, 15) is 4.79 Å². The predicted octanol–water partition coefficient (Wildman–Crippen LogP) is 2.94. The molecule has 170 valence electrons. The normalized spacial score (nSPS) is 15.8. The zero-order valence-electron chi connectivity index (χ0n) is 18.3. The molecule has 0 spiro atoms. The molecule has 1 fully saturated rings. The summed E-state index contributed by atoms with van der Waals surface area (Å²) in [4.78, 5) is 25.8. The van der Waals surface area contributed by atoms with Crippen molar-refractivity contribution < 1.29 is 19.0 Å². The summed E-state index contributed by atoms with van der Waals surface area (Å²) in [7, 11) is 0. The molecule has 0 saturated carbocycles. The molecular weight excluding hydrogens is 422 g/mol. The van der Waals surface area contributed by atoms with Crippen LogP contribution in [0.5, 0.6) is 17.2 Å². The number of amides is 1. The van der Waals surface area contributed by atoms with Gasteiger partial charge >= 0.3 is 0 Å². The lowest BCUT2D eigenvalue weighted by Crippen LogP contribution is -2.46. The minimum Gasteiger partial charge on any atom is -0.481 e. The molecule has 2 aromatic carbocycles. The van der Waals surface area contributed by atoms with Crippen molar-refractivity contribution in [3.8, 4) is 17.2 Å². The van der Waals surface area contributed by atoms with Crippen LogP contribution in [0.1, 0.15) is 6.92 Å². The Morgan fingerprint density at radius 2 is 1.73 bits per heavy atom. The summed E-state index contributed by atoms with van der Waals surface area (Å²) in [6.45, 7) is 5.34. The van der Waals surface area contributed by atoms with Crippen LogP contribution in [0.15, 0.2) is 60.9 Å². The highest BCUT2D eigenvalue weighted by Gasteiger charge is 2.21. The largest absolute Gasteiger partial charge is 0.481 e. The first kappa shape index (κ1) is 20.9. The van der Waals surface area contributed by atoms with Gasteiger partial charge in [0.15, 0.2) is 17.6 Å². The monoisotopic (exact) mass is 447 g/mol. The maximum absolute atomic E-state index is 12.7. The van der Waals surface area contributed by atoms with Crippen molar-refractivity contribution in [2.75, 3.05) is 48.1 Å². The Morgan fingerprint density at radius 3 is 2.55 bits per heavy atom. The molecule has 1 aromatic heterocycles. The first-order valence-corrected chi connectivity index (χ1v) is 10.9. The second-order valence-corrected chi connectivity index (χ2v) is 7.84. The lowest BCUT2D eigenvalue weighted by Gasteiger charge is -2.36. The van der Waals surface area contributed by atoms with Gasteiger partial charge in [0, 0.05) is 44.0 Å². The number of nitrogens with one attached hydrogen (secondary N) is 1. The smallest absolute Gasteiger partial charge is 0.266 e. The molecule has 3 heterocycles. The van der Waals surface area contributed by atoms with E-state index in [1.54, 1.807) is 31.2 Å². The Bertz CT molecular complexity index is 1120. The van der Waals surface area contributed by atoms with Gasteiger partial charge in [-0.1, -0.05) is 18.2 Å². The third-order valence-electron chi connectivity index (χ3n) is 5.66. The van der Waals surface area contributed by atoms with Gasteiger partial charge in [-0.25, -0.2) is 9.97 Å². The van der Waals surface area contributed by atoms with Gasteiger partial charge in [0.25, 0.3) is 5.91 Å². The molecule has 1 atom stereocenters. The molecule has 2 aliphatic rings. The van der Waals surface area contributed by atoms with Gasteiger partial charge in [0.05, 0.1) is 0 Å². The Balaban J connectivity index is 1.17. The number of nitrogens with zero attached hydrogens (tertiary/aromatic N) is 4. The van der Waals surface area contributed by atoms with Crippen molar-refractivity contribution in [1.29, 1.82) is 0 Å². The van der Waals surface area contributed by atoms with Crippen LogP contribution < -0.4 is 29.3 Å². The maximum atomic E-state index is 12.7. The number of ether oxygens (including phenoxy) is 3. The summed E-state index contributed by atoms with van der Waals surface area (Å²) in [5, 5.41) is 2.82. The highest BCUT2D eigenvalue weighted by Crippen LogP contribution is 2.35. The maximum Gasteiger partial charge on any atom is 0.266 e. The van der Waals surface area contributed by atoms with Gasteiger partial charge in [-0.3, -0.25) is 4.79 Å². The number of benzene rings is 2. The topological polar surface area (TPSA) is 89.1 Å². The summed E-state index contributed by atoms with van der Waals surface area (Å²) >= 11 is 0. The minimum absolute atomic E-state index is 0.187. The number of para-hydroxylation sites is 1. The molecule has 1 unspecified atom stereocenters. The predicted molar refractivity (Wildman–Crippen MR) is 124 cm³/mol. The number of anilines is 3. The van der Waals surface area contributed by atoms with E-state index >= 15 is 0 Å². The number of rotatable bonds is 6. The molecule has 3 aromatic rings. The molecule has 5 rings (SSSR count). The second-order valence-electron chi connectivity index (χ2n) is 7.84. The highest BCUT2D eigenvalue weighted by atomic mass is 16.7. The van der Waals surface area contributed by atoms with Crippen LogP contribution in [-0.2, 0) is 4.79 Å². The fourth-order valence-corrected chi connectivity index (χ4v) is 3.86. The van der Waals surface area contributed by atoms with Crippen LogP contribution in [0.3, 0.4) is 0 Å². The summed E-state index contributed by atoms with van der Waals surface area (Å²) in [5.41, 5.74) is 1.23. The van der Waals surface area contributed by atoms with Gasteiger partial charge in [-0.05, 0) is 31.2 Å². The molecule has 9 heteroatoms. The Kier molecular flexibility index (Phi) is 5.84. The van der Waals surface area contributed by atoms with Gasteiger partial charge in [0.1, 0.15) is 23.7 Å². The summed E-state index contributed by atoms with van der Waals surface area (Å²) in [6, 6.07) is 17.4. The molecule has 1 saturated heterocycles. The Morgan fingerprint density at radius 1 is 0.970 bits per heavy atom. The first-order chi connectivity index (χ1) is 16.2. The second kappa shape index (κ2) is 9.23. The molecule has 1 amide bonds. The molecule has 0 aliphatic carbocycles. The van der Waals surface area contributed by atoms with Crippen molar-refractivity contribution in [2.24, 2.45) is 0 Å². The average Bonchev–Trinajstić information content (AvgIpc) is 3.33. The standard InChI is InChI=1S/C24H25N5O4/c1-17(33-19-7-8-20-21(13-19)32-16-31-20)24(30)27-22-14-23(26-15-25-22)29-11-9-28(10-12-29)18-5-3-2-4-6-18/h2-8,13-15,17H,9-12,16H2,1H3,(H,25,26,27,30). The van der Waals surface area contributed by atoms with E-state index < -0.39 is 6.10 Å². The average molecular weight is 447 g/mol. The molecule has 9 nitrogen and oxygen atoms in total. The number of carbonyl (C=O) groups is 1. The Labute approximate surface area is 191 Å². The van der Waals surface area contributed by atoms with Crippen LogP contribution in [0.25, 0.3) is 0 Å². The van der Waals surface area contributed by atoms with Crippen LogP contribution in [0, 0.1) is 0 Å².